The van der Waals surface area contributed by atoms with E-state index in [-0.39, 0.29) is 5.41 Å². The molecular formula is C22H24N6. The number of rotatable bonds is 3. The van der Waals surface area contributed by atoms with E-state index >= 15 is 0 Å². The second-order valence-electron chi connectivity index (χ2n) is 7.98. The fraction of sp³-hybridized carbons (Fsp3) is 0.364. The zero-order valence-electron chi connectivity index (χ0n) is 15.9. The van der Waals surface area contributed by atoms with Crippen LogP contribution < -0.4 is 5.73 Å². The van der Waals surface area contributed by atoms with Crippen LogP contribution >= 0.6 is 0 Å². The molecule has 1 fully saturated rings. The molecule has 28 heavy (non-hydrogen) atoms. The van der Waals surface area contributed by atoms with Crippen LogP contribution in [0.4, 0.5) is 5.95 Å². The Kier molecular flexibility index (Phi) is 4.28. The van der Waals surface area contributed by atoms with Gasteiger partial charge in [0.1, 0.15) is 0 Å². The first kappa shape index (κ1) is 17.3. The predicted octanol–water partition coefficient (Wildman–Crippen LogP) is 3.00. The minimum absolute atomic E-state index is 0.134. The molecule has 2 N–H and O–H groups in total. The van der Waals surface area contributed by atoms with Gasteiger partial charge in [-0.2, -0.15) is 0 Å². The number of nitrogen functional groups attached to an aromatic ring is 1. The lowest BCUT2D eigenvalue weighted by atomic mass is 9.77. The van der Waals surface area contributed by atoms with Crippen LogP contribution in [0.15, 0.2) is 48.9 Å². The highest BCUT2D eigenvalue weighted by molar-refractivity contribution is 5.55. The van der Waals surface area contributed by atoms with Gasteiger partial charge in [-0.25, -0.2) is 19.9 Å². The van der Waals surface area contributed by atoms with Crippen LogP contribution in [0.3, 0.4) is 0 Å². The standard InChI is InChI=1S/C22H24N6/c23-21-25-11-16(12-26-21)14-28-10-4-8-22(15-28)9-7-18-13-24-20(27-19(18)22)17-5-2-1-3-6-17/h1-3,5-6,11-13H,4,7-10,14-15H2,(H2,23,25,26). The number of nitrogens with two attached hydrogens (primary N) is 1. The van der Waals surface area contributed by atoms with E-state index in [0.717, 1.165) is 49.4 Å². The third-order valence-electron chi connectivity index (χ3n) is 6.06. The van der Waals surface area contributed by atoms with E-state index in [1.54, 1.807) is 0 Å². The summed E-state index contributed by atoms with van der Waals surface area (Å²) in [7, 11) is 0. The molecule has 1 saturated heterocycles. The molecule has 2 aromatic heterocycles. The van der Waals surface area contributed by atoms with Gasteiger partial charge in [-0.15, -0.1) is 0 Å². The number of aromatic nitrogens is 4. The van der Waals surface area contributed by atoms with Crippen LogP contribution in [0, 0.1) is 0 Å². The van der Waals surface area contributed by atoms with Crippen molar-refractivity contribution in [3.8, 4) is 11.4 Å². The van der Waals surface area contributed by atoms with Crippen molar-refractivity contribution in [2.75, 3.05) is 18.8 Å². The lowest BCUT2D eigenvalue weighted by molar-refractivity contribution is 0.136. The average molecular weight is 372 g/mol. The molecule has 1 aromatic carbocycles. The molecule has 6 heteroatoms. The van der Waals surface area contributed by atoms with Crippen LogP contribution in [0.5, 0.6) is 0 Å². The summed E-state index contributed by atoms with van der Waals surface area (Å²) in [4.78, 5) is 20.5. The SMILES string of the molecule is Nc1ncc(CN2CCCC3(CCc4cnc(-c5ccccc5)nc43)C2)cn1. The molecule has 1 unspecified atom stereocenters. The highest BCUT2D eigenvalue weighted by Gasteiger charge is 2.43. The van der Waals surface area contributed by atoms with Crippen LogP contribution in [0.1, 0.15) is 36.1 Å². The topological polar surface area (TPSA) is 80.8 Å². The molecule has 3 aromatic rings. The molecule has 3 heterocycles. The van der Waals surface area contributed by atoms with Gasteiger partial charge in [-0.1, -0.05) is 30.3 Å². The number of fused-ring (bicyclic) bond motifs is 2. The van der Waals surface area contributed by atoms with Crippen LogP contribution in [-0.2, 0) is 18.4 Å². The van der Waals surface area contributed by atoms with Crippen LogP contribution in [0.2, 0.25) is 0 Å². The highest BCUT2D eigenvalue weighted by atomic mass is 15.1. The Bertz CT molecular complexity index is 968. The van der Waals surface area contributed by atoms with E-state index in [1.807, 2.05) is 36.8 Å². The lowest BCUT2D eigenvalue weighted by Gasteiger charge is -2.40. The smallest absolute Gasteiger partial charge is 0.219 e. The zero-order chi connectivity index (χ0) is 19.0. The Labute approximate surface area is 164 Å². The number of benzene rings is 1. The number of hydrogen-bond donors (Lipinski definition) is 1. The maximum absolute atomic E-state index is 5.62. The number of aryl methyl sites for hydroxylation is 1. The highest BCUT2D eigenvalue weighted by Crippen LogP contribution is 2.44. The van der Waals surface area contributed by atoms with Gasteiger partial charge in [0.15, 0.2) is 5.82 Å². The molecule has 5 rings (SSSR count). The number of likely N-dealkylation sites (tertiary alicyclic amines) is 1. The average Bonchev–Trinajstić information content (AvgIpc) is 3.08. The predicted molar refractivity (Wildman–Crippen MR) is 108 cm³/mol. The van der Waals surface area contributed by atoms with Crippen molar-refractivity contribution in [2.24, 2.45) is 0 Å². The molecular weight excluding hydrogens is 348 g/mol. The molecule has 0 amide bonds. The fourth-order valence-electron chi connectivity index (χ4n) is 4.73. The lowest BCUT2D eigenvalue weighted by Crippen LogP contribution is -2.45. The van der Waals surface area contributed by atoms with Crippen molar-refractivity contribution in [1.29, 1.82) is 0 Å². The van der Waals surface area contributed by atoms with E-state index in [9.17, 15) is 0 Å². The van der Waals surface area contributed by atoms with Gasteiger partial charge in [-0.05, 0) is 37.8 Å². The van der Waals surface area contributed by atoms with E-state index in [2.05, 4.69) is 32.0 Å². The van der Waals surface area contributed by atoms with E-state index < -0.39 is 0 Å². The first-order valence-electron chi connectivity index (χ1n) is 9.92. The summed E-state index contributed by atoms with van der Waals surface area (Å²) in [5.41, 5.74) is 10.5. The summed E-state index contributed by atoms with van der Waals surface area (Å²) in [5, 5.41) is 0. The van der Waals surface area contributed by atoms with Crippen LogP contribution in [-0.4, -0.2) is 37.9 Å². The third-order valence-corrected chi connectivity index (χ3v) is 6.06. The summed E-state index contributed by atoms with van der Waals surface area (Å²) < 4.78 is 0. The summed E-state index contributed by atoms with van der Waals surface area (Å²) in [6, 6.07) is 10.3. The molecule has 1 aliphatic carbocycles. The molecule has 1 aliphatic heterocycles. The zero-order valence-corrected chi connectivity index (χ0v) is 15.9. The van der Waals surface area contributed by atoms with Crippen LogP contribution in [0.25, 0.3) is 11.4 Å². The monoisotopic (exact) mass is 372 g/mol. The Morgan fingerprint density at radius 3 is 2.64 bits per heavy atom. The molecule has 6 nitrogen and oxygen atoms in total. The van der Waals surface area contributed by atoms with Crippen molar-refractivity contribution in [1.82, 2.24) is 24.8 Å². The first-order chi connectivity index (χ1) is 13.7. The van der Waals surface area contributed by atoms with Gasteiger partial charge in [0, 0.05) is 48.2 Å². The summed E-state index contributed by atoms with van der Waals surface area (Å²) in [6.07, 6.45) is 10.3. The first-order valence-corrected chi connectivity index (χ1v) is 9.92. The van der Waals surface area contributed by atoms with E-state index in [1.165, 1.54) is 24.1 Å². The largest absolute Gasteiger partial charge is 0.368 e. The van der Waals surface area contributed by atoms with Crippen molar-refractivity contribution >= 4 is 5.95 Å². The maximum atomic E-state index is 5.62. The molecule has 0 saturated carbocycles. The minimum atomic E-state index is 0.134. The number of nitrogens with zero attached hydrogens (tertiary/aromatic N) is 5. The van der Waals surface area contributed by atoms with Gasteiger partial charge >= 0.3 is 0 Å². The summed E-state index contributed by atoms with van der Waals surface area (Å²) >= 11 is 0. The van der Waals surface area contributed by atoms with E-state index in [4.69, 9.17) is 10.7 Å². The van der Waals surface area contributed by atoms with Gasteiger partial charge < -0.3 is 5.73 Å². The van der Waals surface area contributed by atoms with Crippen molar-refractivity contribution < 1.29 is 0 Å². The second kappa shape index (κ2) is 6.95. The summed E-state index contributed by atoms with van der Waals surface area (Å²) in [5.74, 6) is 1.17. The molecule has 1 atom stereocenters. The number of piperidine rings is 1. The van der Waals surface area contributed by atoms with Gasteiger partial charge in [-0.3, -0.25) is 4.90 Å². The molecule has 142 valence electrons. The normalized spacial score (nSPS) is 21.7. The second-order valence-corrected chi connectivity index (χ2v) is 7.98. The number of hydrogen-bond acceptors (Lipinski definition) is 6. The maximum Gasteiger partial charge on any atom is 0.219 e. The molecule has 0 radical (unpaired) electrons. The Morgan fingerprint density at radius 1 is 1.00 bits per heavy atom. The molecule has 2 aliphatic rings. The Hall–Kier alpha value is -2.86. The minimum Gasteiger partial charge on any atom is -0.368 e. The van der Waals surface area contributed by atoms with Gasteiger partial charge in [0.25, 0.3) is 0 Å². The van der Waals surface area contributed by atoms with E-state index in [0.29, 0.717) is 5.95 Å². The summed E-state index contributed by atoms with van der Waals surface area (Å²) in [6.45, 7) is 2.97. The Morgan fingerprint density at radius 2 is 1.82 bits per heavy atom. The third kappa shape index (κ3) is 3.14. The Balaban J connectivity index is 1.42. The fourth-order valence-corrected chi connectivity index (χ4v) is 4.73. The van der Waals surface area contributed by atoms with Gasteiger partial charge in [0.2, 0.25) is 5.95 Å². The quantitative estimate of drug-likeness (QED) is 0.761. The van der Waals surface area contributed by atoms with Crippen molar-refractivity contribution in [3.63, 3.8) is 0 Å². The van der Waals surface area contributed by atoms with Crippen molar-refractivity contribution in [3.05, 3.63) is 65.7 Å². The van der Waals surface area contributed by atoms with Gasteiger partial charge in [0.05, 0.1) is 5.69 Å². The molecule has 0 bridgehead atoms. The van der Waals surface area contributed by atoms with Crippen molar-refractivity contribution in [2.45, 2.75) is 37.6 Å². The number of anilines is 1. The molecule has 1 spiro atoms.